The number of carboxylic acid groups (broad SMARTS) is 1. The van der Waals surface area contributed by atoms with Crippen LogP contribution < -0.4 is 5.32 Å². The quantitative estimate of drug-likeness (QED) is 0.901. The average molecular weight is 275 g/mol. The van der Waals surface area contributed by atoms with Crippen molar-refractivity contribution in [2.45, 2.75) is 18.8 Å². The molecule has 3 rings (SSSR count). The molecule has 2 N–H and O–H groups in total. The van der Waals surface area contributed by atoms with Crippen molar-refractivity contribution in [3.8, 4) is 0 Å². The van der Waals surface area contributed by atoms with Crippen LogP contribution in [0.25, 0.3) is 10.1 Å². The zero-order valence-electron chi connectivity index (χ0n) is 10.2. The number of carbonyl (C=O) groups excluding carboxylic acids is 1. The number of nitrogens with one attached hydrogen (secondary N) is 1. The first-order valence-electron chi connectivity index (χ1n) is 6.18. The lowest BCUT2D eigenvalue weighted by molar-refractivity contribution is -0.135. The van der Waals surface area contributed by atoms with E-state index in [1.807, 2.05) is 24.3 Å². The van der Waals surface area contributed by atoms with Gasteiger partial charge in [-0.15, -0.1) is 11.3 Å². The van der Waals surface area contributed by atoms with E-state index in [9.17, 15) is 9.59 Å². The summed E-state index contributed by atoms with van der Waals surface area (Å²) in [5.41, 5.74) is 1.10. The molecule has 1 saturated carbocycles. The molecule has 1 aliphatic carbocycles. The Morgan fingerprint density at radius 1 is 1.32 bits per heavy atom. The molecule has 19 heavy (non-hydrogen) atoms. The number of carbonyl (C=O) groups is 2. The van der Waals surface area contributed by atoms with Crippen LogP contribution in [0, 0.1) is 0 Å². The Kier molecular flexibility index (Phi) is 2.98. The maximum absolute atomic E-state index is 12.1. The number of hydrogen-bond donors (Lipinski definition) is 2. The molecule has 0 saturated heterocycles. The van der Waals surface area contributed by atoms with Crippen molar-refractivity contribution in [1.82, 2.24) is 5.32 Å². The predicted molar refractivity (Wildman–Crippen MR) is 73.8 cm³/mol. The molecule has 0 atom stereocenters. The predicted octanol–water partition coefficient (Wildman–Crippen LogP) is 2.59. The second kappa shape index (κ2) is 4.66. The van der Waals surface area contributed by atoms with E-state index in [4.69, 9.17) is 5.11 Å². The van der Waals surface area contributed by atoms with Gasteiger partial charge in [0.05, 0.1) is 4.88 Å². The SMILES string of the molecule is O=C(O)CNC(=O)c1sc2ccccc2c1C1CC1. The van der Waals surface area contributed by atoms with Crippen molar-refractivity contribution >= 4 is 33.3 Å². The van der Waals surface area contributed by atoms with Gasteiger partial charge in [0, 0.05) is 4.70 Å². The molecule has 0 radical (unpaired) electrons. The van der Waals surface area contributed by atoms with E-state index in [1.54, 1.807) is 0 Å². The molecule has 1 amide bonds. The minimum Gasteiger partial charge on any atom is -0.480 e. The lowest BCUT2D eigenvalue weighted by Gasteiger charge is -2.03. The van der Waals surface area contributed by atoms with Gasteiger partial charge in [-0.25, -0.2) is 0 Å². The van der Waals surface area contributed by atoms with Crippen LogP contribution in [-0.2, 0) is 4.79 Å². The largest absolute Gasteiger partial charge is 0.480 e. The van der Waals surface area contributed by atoms with Crippen LogP contribution >= 0.6 is 11.3 Å². The van der Waals surface area contributed by atoms with Gasteiger partial charge in [-0.1, -0.05) is 18.2 Å². The highest BCUT2D eigenvalue weighted by molar-refractivity contribution is 7.21. The second-order valence-electron chi connectivity index (χ2n) is 4.69. The van der Waals surface area contributed by atoms with Gasteiger partial charge >= 0.3 is 5.97 Å². The third-order valence-electron chi connectivity index (χ3n) is 3.23. The van der Waals surface area contributed by atoms with E-state index in [0.717, 1.165) is 28.5 Å². The second-order valence-corrected chi connectivity index (χ2v) is 5.74. The van der Waals surface area contributed by atoms with Crippen LogP contribution in [-0.4, -0.2) is 23.5 Å². The molecule has 1 heterocycles. The molecule has 1 aliphatic rings. The Hall–Kier alpha value is -1.88. The molecule has 98 valence electrons. The zero-order chi connectivity index (χ0) is 13.4. The number of thiophene rings is 1. The number of amides is 1. The summed E-state index contributed by atoms with van der Waals surface area (Å²) in [6.07, 6.45) is 2.22. The fraction of sp³-hybridized carbons (Fsp3) is 0.286. The smallest absolute Gasteiger partial charge is 0.322 e. The van der Waals surface area contributed by atoms with Gasteiger partial charge in [0.1, 0.15) is 6.54 Å². The lowest BCUT2D eigenvalue weighted by atomic mass is 10.1. The number of carboxylic acids is 1. The first-order chi connectivity index (χ1) is 9.16. The van der Waals surface area contributed by atoms with Gasteiger partial charge in [-0.3, -0.25) is 9.59 Å². The zero-order valence-corrected chi connectivity index (χ0v) is 11.0. The Labute approximate surface area is 114 Å². The average Bonchev–Trinajstić information content (AvgIpc) is 3.15. The molecule has 0 bridgehead atoms. The van der Waals surface area contributed by atoms with E-state index in [2.05, 4.69) is 5.32 Å². The van der Waals surface area contributed by atoms with Crippen LogP contribution in [0.1, 0.15) is 34.0 Å². The summed E-state index contributed by atoms with van der Waals surface area (Å²) in [5, 5.41) is 12.2. The van der Waals surface area contributed by atoms with Crippen LogP contribution in [0.4, 0.5) is 0 Å². The Morgan fingerprint density at radius 3 is 2.74 bits per heavy atom. The van der Waals surface area contributed by atoms with Crippen molar-refractivity contribution in [1.29, 1.82) is 0 Å². The maximum Gasteiger partial charge on any atom is 0.322 e. The summed E-state index contributed by atoms with van der Waals surface area (Å²) in [5.74, 6) is -0.838. The van der Waals surface area contributed by atoms with E-state index >= 15 is 0 Å². The molecule has 4 nitrogen and oxygen atoms in total. The molecule has 1 aromatic heterocycles. The molecule has 0 spiro atoms. The van der Waals surface area contributed by atoms with E-state index in [-0.39, 0.29) is 12.5 Å². The minimum absolute atomic E-state index is 0.273. The number of aliphatic carboxylic acids is 1. The molecular weight excluding hydrogens is 262 g/mol. The normalized spacial score (nSPS) is 14.5. The van der Waals surface area contributed by atoms with Gasteiger partial charge in [0.25, 0.3) is 5.91 Å². The van der Waals surface area contributed by atoms with Crippen LogP contribution in [0.3, 0.4) is 0 Å². The molecule has 1 fully saturated rings. The highest BCUT2D eigenvalue weighted by atomic mass is 32.1. The molecule has 0 aliphatic heterocycles. The molecule has 5 heteroatoms. The van der Waals surface area contributed by atoms with Crippen molar-refractivity contribution < 1.29 is 14.7 Å². The standard InChI is InChI=1S/C14H13NO3S/c16-11(17)7-15-14(18)13-12(8-5-6-8)9-3-1-2-4-10(9)19-13/h1-4,8H,5-7H2,(H,15,18)(H,16,17). The van der Waals surface area contributed by atoms with Crippen LogP contribution in [0.5, 0.6) is 0 Å². The highest BCUT2D eigenvalue weighted by Gasteiger charge is 2.31. The number of benzene rings is 1. The van der Waals surface area contributed by atoms with Crippen LogP contribution in [0.2, 0.25) is 0 Å². The molecule has 0 unspecified atom stereocenters. The van der Waals surface area contributed by atoms with Gasteiger partial charge in [0.2, 0.25) is 0 Å². The first kappa shape index (κ1) is 12.2. The number of rotatable bonds is 4. The third kappa shape index (κ3) is 2.33. The van der Waals surface area contributed by atoms with Crippen molar-refractivity contribution in [3.63, 3.8) is 0 Å². The molecular formula is C14H13NO3S. The molecule has 1 aromatic carbocycles. The number of fused-ring (bicyclic) bond motifs is 1. The van der Waals surface area contributed by atoms with Crippen molar-refractivity contribution in [3.05, 3.63) is 34.7 Å². The fourth-order valence-corrected chi connectivity index (χ4v) is 3.45. The molecule has 2 aromatic rings. The number of hydrogen-bond acceptors (Lipinski definition) is 3. The van der Waals surface area contributed by atoms with Gasteiger partial charge in [-0.05, 0) is 35.8 Å². The van der Waals surface area contributed by atoms with E-state index in [1.165, 1.54) is 11.3 Å². The summed E-state index contributed by atoms with van der Waals surface area (Å²) in [6.45, 7) is -0.336. The lowest BCUT2D eigenvalue weighted by Crippen LogP contribution is -2.29. The first-order valence-corrected chi connectivity index (χ1v) is 7.00. The van der Waals surface area contributed by atoms with Gasteiger partial charge < -0.3 is 10.4 Å². The van der Waals surface area contributed by atoms with Crippen LogP contribution in [0.15, 0.2) is 24.3 Å². The van der Waals surface area contributed by atoms with Gasteiger partial charge in [-0.2, -0.15) is 0 Å². The fourth-order valence-electron chi connectivity index (χ4n) is 2.25. The summed E-state index contributed by atoms with van der Waals surface area (Å²) in [6, 6.07) is 7.96. The third-order valence-corrected chi connectivity index (χ3v) is 4.41. The summed E-state index contributed by atoms with van der Waals surface area (Å²) >= 11 is 1.45. The minimum atomic E-state index is -1.03. The Bertz CT molecular complexity index is 658. The van der Waals surface area contributed by atoms with Gasteiger partial charge in [0.15, 0.2) is 0 Å². The summed E-state index contributed by atoms with van der Waals surface area (Å²) < 4.78 is 1.09. The van der Waals surface area contributed by atoms with E-state index in [0.29, 0.717) is 10.8 Å². The maximum atomic E-state index is 12.1. The van der Waals surface area contributed by atoms with E-state index < -0.39 is 5.97 Å². The van der Waals surface area contributed by atoms with Crippen molar-refractivity contribution in [2.75, 3.05) is 6.54 Å². The summed E-state index contributed by atoms with van der Waals surface area (Å²) in [4.78, 5) is 23.3. The topological polar surface area (TPSA) is 66.4 Å². The monoisotopic (exact) mass is 275 g/mol. The Morgan fingerprint density at radius 2 is 2.05 bits per heavy atom. The highest BCUT2D eigenvalue weighted by Crippen LogP contribution is 2.47. The van der Waals surface area contributed by atoms with Crippen molar-refractivity contribution in [2.24, 2.45) is 0 Å². The Balaban J connectivity index is 2.00. The summed E-state index contributed by atoms with van der Waals surface area (Å²) in [7, 11) is 0.